The van der Waals surface area contributed by atoms with Crippen LogP contribution in [0, 0.1) is 11.7 Å². The summed E-state index contributed by atoms with van der Waals surface area (Å²) in [5.74, 6) is 0.948. The van der Waals surface area contributed by atoms with Crippen LogP contribution in [0.2, 0.25) is 0 Å². The number of aryl methyl sites for hydroxylation is 1. The Hall–Kier alpha value is -1.70. The third-order valence-electron chi connectivity index (χ3n) is 6.52. The summed E-state index contributed by atoms with van der Waals surface area (Å²) in [7, 11) is 0. The van der Waals surface area contributed by atoms with Crippen LogP contribution in [0.25, 0.3) is 5.69 Å². The Bertz CT molecular complexity index is 889. The molecule has 2 aliphatic carbocycles. The number of ether oxygens (including phenoxy) is 1. The Labute approximate surface area is 178 Å². The van der Waals surface area contributed by atoms with Crippen molar-refractivity contribution in [2.24, 2.45) is 0 Å². The highest BCUT2D eigenvalue weighted by atomic mass is 32.1. The minimum atomic E-state index is 0.695. The van der Waals surface area contributed by atoms with Gasteiger partial charge in [-0.25, -0.2) is 4.68 Å². The predicted molar refractivity (Wildman–Crippen MR) is 117 cm³/mol. The molecule has 6 nitrogen and oxygen atoms in total. The fourth-order valence-electron chi connectivity index (χ4n) is 4.70. The van der Waals surface area contributed by atoms with Crippen molar-refractivity contribution >= 4 is 18.2 Å². The molecule has 0 bridgehead atoms. The van der Waals surface area contributed by atoms with E-state index < -0.39 is 0 Å². The maximum Gasteiger partial charge on any atom is 0.230 e. The van der Waals surface area contributed by atoms with Crippen molar-refractivity contribution in [2.75, 3.05) is 31.2 Å². The van der Waals surface area contributed by atoms with Crippen LogP contribution in [0.15, 0.2) is 24.3 Å². The van der Waals surface area contributed by atoms with Gasteiger partial charge in [-0.05, 0) is 57.0 Å². The molecule has 1 aliphatic heterocycles. The van der Waals surface area contributed by atoms with Gasteiger partial charge in [0.15, 0.2) is 0 Å². The lowest BCUT2D eigenvalue weighted by Gasteiger charge is -2.28. The Kier molecular flexibility index (Phi) is 5.45. The SMILES string of the molecule is Cc1ccc(-n2c(N3CCOCC3)nn(CN(C3CCCC3)C3CC3)c2=S)cc1. The molecular formula is C22H31N5OS. The van der Waals surface area contributed by atoms with Gasteiger partial charge in [0.2, 0.25) is 10.7 Å². The van der Waals surface area contributed by atoms with Crippen molar-refractivity contribution < 1.29 is 4.74 Å². The summed E-state index contributed by atoms with van der Waals surface area (Å²) in [5.41, 5.74) is 2.34. The number of aromatic nitrogens is 3. The summed E-state index contributed by atoms with van der Waals surface area (Å²) in [6, 6.07) is 10.0. The highest BCUT2D eigenvalue weighted by Gasteiger charge is 2.36. The molecule has 0 amide bonds. The molecule has 0 unspecified atom stereocenters. The van der Waals surface area contributed by atoms with Crippen molar-refractivity contribution in [3.05, 3.63) is 34.6 Å². The number of anilines is 1. The van der Waals surface area contributed by atoms with Crippen LogP contribution < -0.4 is 4.90 Å². The zero-order chi connectivity index (χ0) is 19.8. The van der Waals surface area contributed by atoms with Gasteiger partial charge in [0, 0.05) is 25.2 Å². The zero-order valence-corrected chi connectivity index (χ0v) is 18.1. The van der Waals surface area contributed by atoms with Gasteiger partial charge in [0.1, 0.15) is 0 Å². The van der Waals surface area contributed by atoms with Gasteiger partial charge in [0.05, 0.1) is 25.6 Å². The molecule has 0 radical (unpaired) electrons. The average Bonchev–Trinajstić information content (AvgIpc) is 3.34. The Morgan fingerprint density at radius 3 is 2.34 bits per heavy atom. The third kappa shape index (κ3) is 4.00. The molecule has 0 spiro atoms. The molecule has 3 aliphatic rings. The molecule has 2 heterocycles. The lowest BCUT2D eigenvalue weighted by atomic mass is 10.2. The van der Waals surface area contributed by atoms with Crippen molar-refractivity contribution in [3.63, 3.8) is 0 Å². The van der Waals surface area contributed by atoms with Crippen molar-refractivity contribution in [3.8, 4) is 5.69 Å². The number of nitrogens with zero attached hydrogens (tertiary/aromatic N) is 5. The fraction of sp³-hybridized carbons (Fsp3) is 0.636. The zero-order valence-electron chi connectivity index (χ0n) is 17.3. The summed E-state index contributed by atoms with van der Waals surface area (Å²) in [6.45, 7) is 6.11. The molecule has 7 heteroatoms. The van der Waals surface area contributed by atoms with Crippen molar-refractivity contribution in [2.45, 2.75) is 64.2 Å². The highest BCUT2D eigenvalue weighted by molar-refractivity contribution is 7.71. The van der Waals surface area contributed by atoms with Crippen LogP contribution >= 0.6 is 12.2 Å². The van der Waals surface area contributed by atoms with Crippen molar-refractivity contribution in [1.29, 1.82) is 0 Å². The molecule has 1 aromatic heterocycles. The molecule has 0 N–H and O–H groups in total. The third-order valence-corrected chi connectivity index (χ3v) is 6.91. The van der Waals surface area contributed by atoms with Gasteiger partial charge in [-0.15, -0.1) is 5.10 Å². The van der Waals surface area contributed by atoms with E-state index in [1.165, 1.54) is 44.1 Å². The number of hydrogen-bond donors (Lipinski definition) is 0. The van der Waals surface area contributed by atoms with Gasteiger partial charge in [-0.2, -0.15) is 0 Å². The van der Waals surface area contributed by atoms with E-state index >= 15 is 0 Å². The van der Waals surface area contributed by atoms with E-state index in [0.717, 1.165) is 55.4 Å². The van der Waals surface area contributed by atoms with E-state index in [0.29, 0.717) is 6.04 Å². The molecule has 0 atom stereocenters. The van der Waals surface area contributed by atoms with Crippen LogP contribution in [0.5, 0.6) is 0 Å². The van der Waals surface area contributed by atoms with E-state index in [9.17, 15) is 0 Å². The molecule has 1 aromatic carbocycles. The summed E-state index contributed by atoms with van der Waals surface area (Å²) in [6.07, 6.45) is 7.99. The summed E-state index contributed by atoms with van der Waals surface area (Å²) >= 11 is 5.98. The molecule has 1 saturated heterocycles. The van der Waals surface area contributed by atoms with Gasteiger partial charge in [0.25, 0.3) is 0 Å². The fourth-order valence-corrected chi connectivity index (χ4v) is 4.99. The second-order valence-electron chi connectivity index (χ2n) is 8.68. The van der Waals surface area contributed by atoms with Gasteiger partial charge < -0.3 is 9.64 Å². The summed E-state index contributed by atoms with van der Waals surface area (Å²) < 4.78 is 10.6. The van der Waals surface area contributed by atoms with E-state index in [1.807, 2.05) is 0 Å². The van der Waals surface area contributed by atoms with Crippen LogP contribution in [-0.2, 0) is 11.4 Å². The largest absolute Gasteiger partial charge is 0.378 e. The van der Waals surface area contributed by atoms with Gasteiger partial charge >= 0.3 is 0 Å². The number of morpholine rings is 1. The topological polar surface area (TPSA) is 38.5 Å². The van der Waals surface area contributed by atoms with E-state index in [4.69, 9.17) is 22.1 Å². The highest BCUT2D eigenvalue weighted by Crippen LogP contribution is 2.35. The first-order chi connectivity index (χ1) is 14.2. The second-order valence-corrected chi connectivity index (χ2v) is 9.04. The lowest BCUT2D eigenvalue weighted by Crippen LogP contribution is -2.38. The van der Waals surface area contributed by atoms with Gasteiger partial charge in [-0.1, -0.05) is 30.5 Å². The molecule has 3 fully saturated rings. The number of hydrogen-bond acceptors (Lipinski definition) is 5. The Morgan fingerprint density at radius 2 is 1.69 bits per heavy atom. The van der Waals surface area contributed by atoms with E-state index in [1.54, 1.807) is 0 Å². The maximum absolute atomic E-state index is 5.98. The van der Waals surface area contributed by atoms with Crippen LogP contribution in [0.3, 0.4) is 0 Å². The molecule has 2 aromatic rings. The van der Waals surface area contributed by atoms with Crippen LogP contribution in [0.4, 0.5) is 5.95 Å². The van der Waals surface area contributed by atoms with E-state index in [-0.39, 0.29) is 0 Å². The maximum atomic E-state index is 5.98. The minimum Gasteiger partial charge on any atom is -0.378 e. The molecule has 5 rings (SSSR count). The van der Waals surface area contributed by atoms with Crippen LogP contribution in [0.1, 0.15) is 44.1 Å². The number of benzene rings is 1. The summed E-state index contributed by atoms with van der Waals surface area (Å²) in [5, 5.41) is 5.06. The standard InChI is InChI=1S/C22H31N5OS/c1-17-6-8-20(9-7-17)27-21(24-12-14-28-15-13-24)23-26(22(27)29)16-25(19-10-11-19)18-4-2-3-5-18/h6-9,18-19H,2-5,10-16H2,1H3. The predicted octanol–water partition coefficient (Wildman–Crippen LogP) is 3.91. The Morgan fingerprint density at radius 1 is 1.03 bits per heavy atom. The molecule has 156 valence electrons. The first-order valence-electron chi connectivity index (χ1n) is 11.1. The monoisotopic (exact) mass is 413 g/mol. The summed E-state index contributed by atoms with van der Waals surface area (Å²) in [4.78, 5) is 4.99. The lowest BCUT2D eigenvalue weighted by molar-refractivity contribution is 0.121. The smallest absolute Gasteiger partial charge is 0.230 e. The van der Waals surface area contributed by atoms with Gasteiger partial charge in [-0.3, -0.25) is 9.47 Å². The molecular weight excluding hydrogens is 382 g/mol. The first-order valence-corrected chi connectivity index (χ1v) is 11.5. The Balaban J connectivity index is 1.51. The minimum absolute atomic E-state index is 0.695. The molecule has 2 saturated carbocycles. The number of rotatable bonds is 6. The quantitative estimate of drug-likeness (QED) is 0.672. The normalized spacial score (nSPS) is 20.7. The average molecular weight is 414 g/mol. The first kappa shape index (κ1) is 19.3. The second kappa shape index (κ2) is 8.20. The van der Waals surface area contributed by atoms with E-state index in [2.05, 4.69) is 50.2 Å². The van der Waals surface area contributed by atoms with Crippen molar-refractivity contribution in [1.82, 2.24) is 19.2 Å². The van der Waals surface area contributed by atoms with Crippen LogP contribution in [-0.4, -0.2) is 57.6 Å². The molecule has 29 heavy (non-hydrogen) atoms.